The summed E-state index contributed by atoms with van der Waals surface area (Å²) in [7, 11) is -1.23. The molecule has 0 N–H and O–H groups in total. The second-order valence-electron chi connectivity index (χ2n) is 11.8. The summed E-state index contributed by atoms with van der Waals surface area (Å²) in [6.45, 7) is 9.22. The summed E-state index contributed by atoms with van der Waals surface area (Å²) in [6.07, 6.45) is 3.81. The minimum Gasteiger partial charge on any atom is -0.501 e. The van der Waals surface area contributed by atoms with Crippen LogP contribution < -0.4 is 5.19 Å². The minimum atomic E-state index is -1.23. The maximum absolute atomic E-state index is 6.29. The number of fused-ring (bicyclic) bond motifs is 3. The van der Waals surface area contributed by atoms with Crippen LogP contribution in [0.1, 0.15) is 24.0 Å². The Hall–Kier alpha value is -4.15. The molecular weight excluding hydrogens is 733 g/mol. The molecule has 1 radical (unpaired) electrons. The zero-order chi connectivity index (χ0) is 29.8. The average Bonchev–Trinajstić information content (AvgIpc) is 3.44. The van der Waals surface area contributed by atoms with Crippen molar-refractivity contribution < 1.29 is 24.5 Å². The van der Waals surface area contributed by atoms with E-state index < -0.39 is 8.07 Å². The first-order valence-corrected chi connectivity index (χ1v) is 18.2. The Balaban J connectivity index is 0.000000194. The van der Waals surface area contributed by atoms with Gasteiger partial charge in [-0.2, -0.15) is 0 Å². The molecule has 3 aromatic heterocycles. The van der Waals surface area contributed by atoms with Crippen LogP contribution in [0.4, 0.5) is 0 Å². The number of hydrogen-bond acceptors (Lipinski definition) is 3. The maximum Gasteiger partial charge on any atom is 0.121 e. The van der Waals surface area contributed by atoms with E-state index in [1.165, 1.54) is 16.3 Å². The molecule has 221 valence electrons. The minimum absolute atomic E-state index is 0. The second kappa shape index (κ2) is 13.6. The molecule has 0 aliphatic heterocycles. The first kappa shape index (κ1) is 31.3. The molecule has 0 saturated heterocycles. The van der Waals surface area contributed by atoms with E-state index in [2.05, 4.69) is 109 Å². The van der Waals surface area contributed by atoms with E-state index in [4.69, 9.17) is 4.42 Å². The zero-order valence-corrected chi connectivity index (χ0v) is 28.7. The molecule has 0 amide bonds. The fourth-order valence-electron chi connectivity index (χ4n) is 5.21. The van der Waals surface area contributed by atoms with Crippen molar-refractivity contribution in [2.24, 2.45) is 0 Å². The van der Waals surface area contributed by atoms with Gasteiger partial charge in [0.05, 0.1) is 13.7 Å². The Kier molecular flexibility index (Phi) is 9.70. The van der Waals surface area contributed by atoms with Crippen LogP contribution in [0.5, 0.6) is 0 Å². The maximum atomic E-state index is 6.29. The summed E-state index contributed by atoms with van der Waals surface area (Å²) >= 11 is 0. The molecule has 0 spiro atoms. The number of rotatable bonds is 5. The molecule has 0 fully saturated rings. The van der Waals surface area contributed by atoms with E-state index in [1.807, 2.05) is 60.8 Å². The molecule has 0 saturated carbocycles. The number of nitrogens with zero attached hydrogens (tertiary/aromatic N) is 2. The molecule has 3 heterocycles. The molecule has 44 heavy (non-hydrogen) atoms. The van der Waals surface area contributed by atoms with Gasteiger partial charge in [0.25, 0.3) is 0 Å². The van der Waals surface area contributed by atoms with Crippen molar-refractivity contribution in [1.29, 1.82) is 0 Å². The van der Waals surface area contributed by atoms with Crippen LogP contribution in [-0.2, 0) is 20.1 Å². The van der Waals surface area contributed by atoms with Crippen molar-refractivity contribution in [3.8, 4) is 22.5 Å². The molecule has 1 atom stereocenters. The SMILES string of the molecule is CC(c1ccccc1)c1ccc2c(c1)oc1c(-c3ccccn3)[c-]ccc12.C[Si](C)(C)c1ccc(-c2[c-]cccc2)nc1.[Ir]. The van der Waals surface area contributed by atoms with Gasteiger partial charge < -0.3 is 14.4 Å². The van der Waals surface area contributed by atoms with Crippen LogP contribution >= 0.6 is 0 Å². The Morgan fingerprint density at radius 3 is 2.16 bits per heavy atom. The predicted molar refractivity (Wildman–Crippen MR) is 181 cm³/mol. The molecule has 0 aliphatic rings. The third-order valence-corrected chi connectivity index (χ3v) is 9.82. The first-order valence-electron chi connectivity index (χ1n) is 14.7. The van der Waals surface area contributed by atoms with Crippen LogP contribution in [-0.4, -0.2) is 18.0 Å². The van der Waals surface area contributed by atoms with Gasteiger partial charge in [0.15, 0.2) is 0 Å². The fourth-order valence-corrected chi connectivity index (χ4v) is 6.25. The fraction of sp³-hybridized carbons (Fsp3) is 0.128. The Morgan fingerprint density at radius 2 is 1.48 bits per heavy atom. The molecule has 3 nitrogen and oxygen atoms in total. The number of furan rings is 1. The normalized spacial score (nSPS) is 11.8. The van der Waals surface area contributed by atoms with Crippen LogP contribution in [0.2, 0.25) is 19.6 Å². The molecule has 1 unspecified atom stereocenters. The Morgan fingerprint density at radius 1 is 0.682 bits per heavy atom. The molecule has 7 aromatic rings. The zero-order valence-electron chi connectivity index (χ0n) is 25.3. The first-order chi connectivity index (χ1) is 20.9. The number of benzene rings is 4. The van der Waals surface area contributed by atoms with Gasteiger partial charge in [-0.05, 0) is 39.8 Å². The van der Waals surface area contributed by atoms with E-state index in [1.54, 1.807) is 6.20 Å². The quantitative estimate of drug-likeness (QED) is 0.129. The van der Waals surface area contributed by atoms with E-state index in [0.717, 1.165) is 44.5 Å². The largest absolute Gasteiger partial charge is 0.501 e. The van der Waals surface area contributed by atoms with Crippen molar-refractivity contribution in [3.63, 3.8) is 0 Å². The number of pyridine rings is 2. The molecule has 0 aliphatic carbocycles. The number of aromatic nitrogens is 2. The van der Waals surface area contributed by atoms with Crippen LogP contribution in [0.25, 0.3) is 44.5 Å². The van der Waals surface area contributed by atoms with E-state index in [-0.39, 0.29) is 20.1 Å². The Bertz CT molecular complexity index is 1950. The van der Waals surface area contributed by atoms with E-state index >= 15 is 0 Å². The summed E-state index contributed by atoms with van der Waals surface area (Å²) in [5, 5.41) is 3.62. The smallest absolute Gasteiger partial charge is 0.121 e. The van der Waals surface area contributed by atoms with Crippen LogP contribution in [0, 0.1) is 12.1 Å². The molecule has 5 heteroatoms. The number of hydrogen-bond donors (Lipinski definition) is 0. The van der Waals surface area contributed by atoms with Crippen molar-refractivity contribution in [2.45, 2.75) is 32.5 Å². The summed E-state index contributed by atoms with van der Waals surface area (Å²) < 4.78 is 6.29. The summed E-state index contributed by atoms with van der Waals surface area (Å²) in [5.74, 6) is 0.311. The van der Waals surface area contributed by atoms with Crippen molar-refractivity contribution >= 4 is 35.2 Å². The molecular formula is C39H34IrN2OSi-2. The van der Waals surface area contributed by atoms with Gasteiger partial charge in [-0.15, -0.1) is 54.1 Å². The van der Waals surface area contributed by atoms with Crippen LogP contribution in [0.3, 0.4) is 0 Å². The average molecular weight is 767 g/mol. The van der Waals surface area contributed by atoms with Crippen molar-refractivity contribution in [3.05, 3.63) is 151 Å². The monoisotopic (exact) mass is 767 g/mol. The van der Waals surface area contributed by atoms with Gasteiger partial charge in [-0.3, -0.25) is 0 Å². The van der Waals surface area contributed by atoms with Crippen LogP contribution in [0.15, 0.2) is 132 Å². The van der Waals surface area contributed by atoms with Gasteiger partial charge in [0, 0.05) is 43.8 Å². The summed E-state index contributed by atoms with van der Waals surface area (Å²) in [5.41, 5.74) is 8.14. The van der Waals surface area contributed by atoms with Gasteiger partial charge in [-0.25, -0.2) is 0 Å². The van der Waals surface area contributed by atoms with Gasteiger partial charge >= 0.3 is 0 Å². The molecule has 0 bridgehead atoms. The third kappa shape index (κ3) is 6.81. The molecule has 7 rings (SSSR count). The van der Waals surface area contributed by atoms with E-state index in [0.29, 0.717) is 5.92 Å². The molecule has 4 aromatic carbocycles. The predicted octanol–water partition coefficient (Wildman–Crippen LogP) is 9.69. The third-order valence-electron chi connectivity index (χ3n) is 7.79. The second-order valence-corrected chi connectivity index (χ2v) is 16.8. The standard InChI is InChI=1S/C25H18NO.C14H16NSi.Ir/c1-17(18-8-3-2-4-9-18)19-13-14-20-21-10-7-11-22(23-12-5-6-15-26-23)25(21)27-24(20)16-19;1-16(2,3)13-9-10-14(15-11-13)12-7-5-4-6-8-12;/h2-10,12-17H,1H3;4-7,9-11H,1-3H3;/q2*-1;. The summed E-state index contributed by atoms with van der Waals surface area (Å²) in [6, 6.07) is 45.7. The summed E-state index contributed by atoms with van der Waals surface area (Å²) in [4.78, 5) is 8.98. The van der Waals surface area contributed by atoms with Crippen molar-refractivity contribution in [2.75, 3.05) is 0 Å². The van der Waals surface area contributed by atoms with Gasteiger partial charge in [-0.1, -0.05) is 104 Å². The Labute approximate surface area is 274 Å². The van der Waals surface area contributed by atoms with Gasteiger partial charge in [0.2, 0.25) is 0 Å². The van der Waals surface area contributed by atoms with Crippen molar-refractivity contribution in [1.82, 2.24) is 9.97 Å². The topological polar surface area (TPSA) is 38.9 Å². The van der Waals surface area contributed by atoms with E-state index in [9.17, 15) is 0 Å². The van der Waals surface area contributed by atoms with Gasteiger partial charge in [0.1, 0.15) is 5.58 Å².